The Kier molecular flexibility index (Phi) is 4.80. The Hall–Kier alpha value is -2.74. The average molecular weight is 361 g/mol. The van der Waals surface area contributed by atoms with Crippen molar-refractivity contribution in [3.8, 4) is 16.5 Å². The van der Waals surface area contributed by atoms with Gasteiger partial charge in [0.2, 0.25) is 5.89 Å². The smallest absolute Gasteiger partial charge is 0.259 e. The highest BCUT2D eigenvalue weighted by Gasteiger charge is 2.18. The lowest BCUT2D eigenvalue weighted by molar-refractivity contribution is 0.102. The Morgan fingerprint density at radius 3 is 2.76 bits per heavy atom. The normalized spacial score (nSPS) is 10.9. The monoisotopic (exact) mass is 361 g/mol. The number of rotatable bonds is 5. The van der Waals surface area contributed by atoms with Crippen LogP contribution in [0.25, 0.3) is 10.8 Å². The molecule has 0 spiro atoms. The summed E-state index contributed by atoms with van der Waals surface area (Å²) in [7, 11) is 1.37. The second kappa shape index (κ2) is 7.02. The van der Waals surface area contributed by atoms with E-state index in [1.807, 2.05) is 13.8 Å². The van der Waals surface area contributed by atoms with E-state index in [0.29, 0.717) is 22.3 Å². The minimum Gasteiger partial charge on any atom is -0.494 e. The van der Waals surface area contributed by atoms with Gasteiger partial charge in [0.25, 0.3) is 11.8 Å². The Morgan fingerprint density at radius 2 is 2.12 bits per heavy atom. The number of carbonyl (C=O) groups excluding carboxylic acids is 1. The summed E-state index contributed by atoms with van der Waals surface area (Å²) in [5.74, 6) is 0.0261. The fourth-order valence-electron chi connectivity index (χ4n) is 2.14. The lowest BCUT2D eigenvalue weighted by atomic mass is 10.2. The number of aromatic nitrogens is 2. The molecule has 0 atom stereocenters. The lowest BCUT2D eigenvalue weighted by Crippen LogP contribution is -2.12. The Balaban J connectivity index is 1.83. The van der Waals surface area contributed by atoms with Crippen LogP contribution in [0.2, 0.25) is 0 Å². The zero-order valence-corrected chi connectivity index (χ0v) is 14.7. The van der Waals surface area contributed by atoms with Crippen LogP contribution in [-0.2, 0) is 0 Å². The number of hydrogen-bond donors (Lipinski definition) is 1. The van der Waals surface area contributed by atoms with E-state index >= 15 is 0 Å². The van der Waals surface area contributed by atoms with Gasteiger partial charge in [-0.05, 0) is 29.6 Å². The highest BCUT2D eigenvalue weighted by Crippen LogP contribution is 2.34. The van der Waals surface area contributed by atoms with Crippen LogP contribution >= 0.6 is 11.3 Å². The number of halogens is 1. The van der Waals surface area contributed by atoms with Crippen LogP contribution in [0.3, 0.4) is 0 Å². The molecular weight excluding hydrogens is 345 g/mol. The summed E-state index contributed by atoms with van der Waals surface area (Å²) in [6.07, 6.45) is 0. The molecule has 130 valence electrons. The maximum Gasteiger partial charge on any atom is 0.259 e. The van der Waals surface area contributed by atoms with E-state index < -0.39 is 11.7 Å². The number of carbonyl (C=O) groups is 1. The van der Waals surface area contributed by atoms with Crippen molar-refractivity contribution in [3.05, 3.63) is 46.9 Å². The van der Waals surface area contributed by atoms with E-state index in [2.05, 4.69) is 15.5 Å². The van der Waals surface area contributed by atoms with Gasteiger partial charge in [-0.2, -0.15) is 0 Å². The van der Waals surface area contributed by atoms with Crippen molar-refractivity contribution in [1.82, 2.24) is 10.2 Å². The maximum absolute atomic E-state index is 13.8. The van der Waals surface area contributed by atoms with E-state index in [9.17, 15) is 9.18 Å². The van der Waals surface area contributed by atoms with E-state index in [4.69, 9.17) is 9.15 Å². The molecule has 1 amide bonds. The molecule has 2 aromatic heterocycles. The van der Waals surface area contributed by atoms with Gasteiger partial charge in [-0.15, -0.1) is 21.5 Å². The number of benzene rings is 1. The Morgan fingerprint density at radius 1 is 1.32 bits per heavy atom. The minimum atomic E-state index is -0.598. The molecule has 1 N–H and O–H groups in total. The van der Waals surface area contributed by atoms with Gasteiger partial charge in [0.1, 0.15) is 4.88 Å². The third-order valence-corrected chi connectivity index (χ3v) is 4.36. The second-order valence-corrected chi connectivity index (χ2v) is 6.48. The molecule has 3 rings (SSSR count). The number of hydrogen-bond acceptors (Lipinski definition) is 6. The van der Waals surface area contributed by atoms with Crippen LogP contribution in [-0.4, -0.2) is 23.2 Å². The van der Waals surface area contributed by atoms with Crippen molar-refractivity contribution in [2.45, 2.75) is 19.8 Å². The summed E-state index contributed by atoms with van der Waals surface area (Å²) in [4.78, 5) is 13.0. The third-order valence-electron chi connectivity index (χ3n) is 3.46. The zero-order valence-electron chi connectivity index (χ0n) is 13.9. The molecule has 2 heterocycles. The Bertz CT molecular complexity index is 904. The van der Waals surface area contributed by atoms with Crippen molar-refractivity contribution in [1.29, 1.82) is 0 Å². The first kappa shape index (κ1) is 17.1. The van der Waals surface area contributed by atoms with Gasteiger partial charge in [0.05, 0.1) is 12.8 Å². The summed E-state index contributed by atoms with van der Waals surface area (Å²) in [6, 6.07) is 5.76. The topological polar surface area (TPSA) is 77.2 Å². The summed E-state index contributed by atoms with van der Waals surface area (Å²) >= 11 is 1.37. The number of amides is 1. The molecule has 0 bridgehead atoms. The molecule has 8 heteroatoms. The van der Waals surface area contributed by atoms with Crippen molar-refractivity contribution in [2.75, 3.05) is 12.4 Å². The fraction of sp³-hybridized carbons (Fsp3) is 0.235. The molecule has 1 aromatic carbocycles. The van der Waals surface area contributed by atoms with E-state index in [-0.39, 0.29) is 17.2 Å². The fourth-order valence-corrected chi connectivity index (χ4v) is 2.90. The standard InChI is InChI=1S/C17H16FN3O3S/c1-9(2)16-20-21-17(24-16)14-12(6-7-25-14)19-15(22)10-4-5-13(23-3)11(18)8-10/h4-9H,1-3H3,(H,19,22). The molecule has 0 saturated heterocycles. The van der Waals surface area contributed by atoms with Crippen molar-refractivity contribution >= 4 is 22.9 Å². The van der Waals surface area contributed by atoms with Crippen LogP contribution in [0, 0.1) is 5.82 Å². The van der Waals surface area contributed by atoms with Gasteiger partial charge in [-0.3, -0.25) is 4.79 Å². The second-order valence-electron chi connectivity index (χ2n) is 5.57. The van der Waals surface area contributed by atoms with Crippen LogP contribution < -0.4 is 10.1 Å². The van der Waals surface area contributed by atoms with Crippen LogP contribution in [0.4, 0.5) is 10.1 Å². The van der Waals surface area contributed by atoms with Gasteiger partial charge in [-0.1, -0.05) is 13.8 Å². The molecule has 0 aliphatic carbocycles. The van der Waals surface area contributed by atoms with Gasteiger partial charge in [0.15, 0.2) is 11.6 Å². The molecule has 0 radical (unpaired) electrons. The largest absolute Gasteiger partial charge is 0.494 e. The summed E-state index contributed by atoms with van der Waals surface area (Å²) in [5.41, 5.74) is 0.717. The number of anilines is 1. The molecule has 0 unspecified atom stereocenters. The van der Waals surface area contributed by atoms with Gasteiger partial charge in [0, 0.05) is 11.5 Å². The number of nitrogens with zero attached hydrogens (tertiary/aromatic N) is 2. The summed E-state index contributed by atoms with van der Waals surface area (Å²) < 4.78 is 24.3. The van der Waals surface area contributed by atoms with Gasteiger partial charge >= 0.3 is 0 Å². The third kappa shape index (κ3) is 3.53. The van der Waals surface area contributed by atoms with Crippen molar-refractivity contribution in [2.24, 2.45) is 0 Å². The predicted molar refractivity (Wildman–Crippen MR) is 92.6 cm³/mol. The average Bonchev–Trinajstić information content (AvgIpc) is 3.23. The molecule has 3 aromatic rings. The highest BCUT2D eigenvalue weighted by molar-refractivity contribution is 7.14. The molecule has 0 saturated carbocycles. The molecule has 0 aliphatic rings. The SMILES string of the molecule is COc1ccc(C(=O)Nc2ccsc2-c2nnc(C(C)C)o2)cc1F. The number of nitrogens with one attached hydrogen (secondary N) is 1. The van der Waals surface area contributed by atoms with Gasteiger partial charge in [-0.25, -0.2) is 4.39 Å². The number of thiophene rings is 1. The molecule has 25 heavy (non-hydrogen) atoms. The quantitative estimate of drug-likeness (QED) is 0.732. The Labute approximate surface area is 147 Å². The predicted octanol–water partition coefficient (Wildman–Crippen LogP) is 4.32. The molecular formula is C17H16FN3O3S. The molecule has 6 nitrogen and oxygen atoms in total. The lowest BCUT2D eigenvalue weighted by Gasteiger charge is -2.07. The number of ether oxygens (including phenoxy) is 1. The zero-order chi connectivity index (χ0) is 18.0. The van der Waals surface area contributed by atoms with Crippen LogP contribution in [0.15, 0.2) is 34.1 Å². The van der Waals surface area contributed by atoms with E-state index in [1.54, 1.807) is 11.4 Å². The molecule has 0 aliphatic heterocycles. The van der Waals surface area contributed by atoms with Gasteiger partial charge < -0.3 is 14.5 Å². The number of methoxy groups -OCH3 is 1. The minimum absolute atomic E-state index is 0.0832. The van der Waals surface area contributed by atoms with Crippen molar-refractivity contribution in [3.63, 3.8) is 0 Å². The molecule has 0 fully saturated rings. The van der Waals surface area contributed by atoms with Crippen LogP contribution in [0.5, 0.6) is 5.75 Å². The van der Waals surface area contributed by atoms with E-state index in [0.717, 1.165) is 6.07 Å². The first-order chi connectivity index (χ1) is 12.0. The summed E-state index contributed by atoms with van der Waals surface area (Å²) in [5, 5.41) is 12.6. The maximum atomic E-state index is 13.8. The van der Waals surface area contributed by atoms with E-state index in [1.165, 1.54) is 30.6 Å². The summed E-state index contributed by atoms with van der Waals surface area (Å²) in [6.45, 7) is 3.90. The first-order valence-corrected chi connectivity index (χ1v) is 8.43. The van der Waals surface area contributed by atoms with Crippen molar-refractivity contribution < 1.29 is 18.3 Å². The highest BCUT2D eigenvalue weighted by atomic mass is 32.1. The first-order valence-electron chi connectivity index (χ1n) is 7.55. The van der Waals surface area contributed by atoms with Crippen LogP contribution in [0.1, 0.15) is 36.0 Å².